The van der Waals surface area contributed by atoms with Crippen molar-refractivity contribution in [2.24, 2.45) is 0 Å². The second-order valence-corrected chi connectivity index (χ2v) is 6.66. The molecule has 1 amide bonds. The summed E-state index contributed by atoms with van der Waals surface area (Å²) < 4.78 is 5.21. The van der Waals surface area contributed by atoms with Crippen molar-refractivity contribution in [3.05, 3.63) is 35.9 Å². The number of aliphatic hydroxyl groups is 1. The largest absolute Gasteiger partial charge is 0.459 e. The van der Waals surface area contributed by atoms with Crippen LogP contribution in [-0.2, 0) is 20.9 Å². The van der Waals surface area contributed by atoms with Gasteiger partial charge in [-0.2, -0.15) is 0 Å². The summed E-state index contributed by atoms with van der Waals surface area (Å²) in [6.07, 6.45) is 1.30. The molecule has 0 unspecified atom stereocenters. The number of hydrogen-bond donors (Lipinski definition) is 2. The Hall–Kier alpha value is -1.92. The lowest BCUT2D eigenvalue weighted by molar-refractivity contribution is -0.148. The van der Waals surface area contributed by atoms with Crippen molar-refractivity contribution < 1.29 is 19.4 Å². The summed E-state index contributed by atoms with van der Waals surface area (Å²) in [6, 6.07) is 8.72. The van der Waals surface area contributed by atoms with Crippen molar-refractivity contribution in [3.63, 3.8) is 0 Å². The van der Waals surface area contributed by atoms with Crippen LogP contribution in [0.25, 0.3) is 0 Å². The van der Waals surface area contributed by atoms with Gasteiger partial charge in [-0.05, 0) is 32.3 Å². The van der Waals surface area contributed by atoms with Crippen LogP contribution in [0.2, 0.25) is 0 Å². The zero-order valence-corrected chi connectivity index (χ0v) is 14.3. The van der Waals surface area contributed by atoms with Crippen LogP contribution >= 0.6 is 0 Å². The Morgan fingerprint density at radius 3 is 2.54 bits per heavy atom. The van der Waals surface area contributed by atoms with E-state index in [0.29, 0.717) is 25.9 Å². The first kappa shape index (κ1) is 18.4. The zero-order valence-electron chi connectivity index (χ0n) is 14.3. The Balaban J connectivity index is 1.70. The molecule has 1 heterocycles. The fourth-order valence-corrected chi connectivity index (χ4v) is 2.60. The molecule has 132 valence electrons. The Morgan fingerprint density at radius 1 is 1.29 bits per heavy atom. The molecule has 0 saturated carbocycles. The van der Waals surface area contributed by atoms with Crippen LogP contribution in [0.1, 0.15) is 32.3 Å². The van der Waals surface area contributed by atoms with Gasteiger partial charge in [-0.3, -0.25) is 9.69 Å². The lowest BCUT2D eigenvalue weighted by Gasteiger charge is -2.35. The fourth-order valence-electron chi connectivity index (χ4n) is 2.60. The number of ether oxygens (including phenoxy) is 1. The first-order valence-electron chi connectivity index (χ1n) is 8.30. The van der Waals surface area contributed by atoms with E-state index in [1.807, 2.05) is 42.2 Å². The van der Waals surface area contributed by atoms with Crippen LogP contribution in [0.5, 0.6) is 0 Å². The number of nitrogens with one attached hydrogen (secondary N) is 1. The maximum absolute atomic E-state index is 12.0. The Kier molecular flexibility index (Phi) is 6.34. The van der Waals surface area contributed by atoms with Crippen LogP contribution < -0.4 is 5.32 Å². The first-order valence-corrected chi connectivity index (χ1v) is 8.30. The number of carbonyl (C=O) groups is 2. The number of benzene rings is 1. The fraction of sp³-hybridized carbons (Fsp3) is 0.556. The summed E-state index contributed by atoms with van der Waals surface area (Å²) in [7, 11) is 0. The van der Waals surface area contributed by atoms with Crippen molar-refractivity contribution in [1.82, 2.24) is 10.2 Å². The zero-order chi connectivity index (χ0) is 17.6. The standard InChI is InChI=1S/C18H26N2O4/c1-14(17(22)24-13-15-6-4-3-5-7-15)19-16(21)12-20-10-8-18(2,23)9-11-20/h3-7,14,23H,8-13H2,1-2H3,(H,19,21)/t14-/m0/s1. The van der Waals surface area contributed by atoms with Crippen LogP contribution in [0.3, 0.4) is 0 Å². The molecule has 24 heavy (non-hydrogen) atoms. The highest BCUT2D eigenvalue weighted by molar-refractivity contribution is 5.85. The molecule has 0 aromatic heterocycles. The van der Waals surface area contributed by atoms with Crippen LogP contribution in [0.4, 0.5) is 0 Å². The number of nitrogens with zero attached hydrogens (tertiary/aromatic N) is 1. The molecule has 0 spiro atoms. The van der Waals surface area contributed by atoms with Gasteiger partial charge in [0.05, 0.1) is 12.1 Å². The van der Waals surface area contributed by atoms with Gasteiger partial charge in [-0.25, -0.2) is 4.79 Å². The van der Waals surface area contributed by atoms with Gasteiger partial charge in [0.15, 0.2) is 0 Å². The molecule has 0 aliphatic carbocycles. The van der Waals surface area contributed by atoms with Crippen molar-refractivity contribution >= 4 is 11.9 Å². The number of carbonyl (C=O) groups excluding carboxylic acids is 2. The van der Waals surface area contributed by atoms with Crippen molar-refractivity contribution in [2.45, 2.75) is 44.9 Å². The minimum atomic E-state index is -0.686. The number of piperidine rings is 1. The summed E-state index contributed by atoms with van der Waals surface area (Å²) in [5.74, 6) is -0.658. The lowest BCUT2D eigenvalue weighted by atomic mass is 9.94. The van der Waals surface area contributed by atoms with E-state index < -0.39 is 17.6 Å². The van der Waals surface area contributed by atoms with E-state index in [-0.39, 0.29) is 19.1 Å². The lowest BCUT2D eigenvalue weighted by Crippen LogP contribution is -2.48. The molecule has 1 aromatic rings. The summed E-state index contributed by atoms with van der Waals surface area (Å²) in [5.41, 5.74) is 0.270. The highest BCUT2D eigenvalue weighted by Crippen LogP contribution is 2.20. The minimum Gasteiger partial charge on any atom is -0.459 e. The molecule has 2 N–H and O–H groups in total. The summed E-state index contributed by atoms with van der Waals surface area (Å²) in [5, 5.41) is 12.6. The van der Waals surface area contributed by atoms with E-state index in [1.54, 1.807) is 6.92 Å². The maximum atomic E-state index is 12.0. The Labute approximate surface area is 142 Å². The molecule has 1 aliphatic heterocycles. The van der Waals surface area contributed by atoms with Gasteiger partial charge in [-0.15, -0.1) is 0 Å². The number of amides is 1. The van der Waals surface area contributed by atoms with E-state index in [1.165, 1.54) is 0 Å². The summed E-state index contributed by atoms with van der Waals surface area (Å²) >= 11 is 0. The molecular weight excluding hydrogens is 308 g/mol. The molecule has 2 rings (SSSR count). The Morgan fingerprint density at radius 2 is 1.92 bits per heavy atom. The van der Waals surface area contributed by atoms with E-state index >= 15 is 0 Å². The molecular formula is C18H26N2O4. The molecule has 1 atom stereocenters. The van der Waals surface area contributed by atoms with Gasteiger partial charge >= 0.3 is 5.97 Å². The highest BCUT2D eigenvalue weighted by atomic mass is 16.5. The third-order valence-electron chi connectivity index (χ3n) is 4.26. The average molecular weight is 334 g/mol. The second-order valence-electron chi connectivity index (χ2n) is 6.66. The number of likely N-dealkylation sites (tertiary alicyclic amines) is 1. The van der Waals surface area contributed by atoms with Gasteiger partial charge in [0.2, 0.25) is 5.91 Å². The minimum absolute atomic E-state index is 0.196. The Bertz CT molecular complexity index is 549. The second kappa shape index (κ2) is 8.26. The monoisotopic (exact) mass is 334 g/mol. The molecule has 1 aromatic carbocycles. The maximum Gasteiger partial charge on any atom is 0.328 e. The molecule has 1 saturated heterocycles. The van der Waals surface area contributed by atoms with Gasteiger partial charge in [0, 0.05) is 13.1 Å². The van der Waals surface area contributed by atoms with Gasteiger partial charge in [0.1, 0.15) is 12.6 Å². The highest BCUT2D eigenvalue weighted by Gasteiger charge is 2.28. The predicted octanol–water partition coefficient (Wildman–Crippen LogP) is 1.08. The molecule has 6 heteroatoms. The van der Waals surface area contributed by atoms with Crippen LogP contribution in [-0.4, -0.2) is 53.2 Å². The topological polar surface area (TPSA) is 78.9 Å². The summed E-state index contributed by atoms with van der Waals surface area (Å²) in [4.78, 5) is 26.0. The quantitative estimate of drug-likeness (QED) is 0.761. The van der Waals surface area contributed by atoms with Crippen molar-refractivity contribution in [2.75, 3.05) is 19.6 Å². The van der Waals surface area contributed by atoms with E-state index in [9.17, 15) is 14.7 Å². The van der Waals surface area contributed by atoms with Gasteiger partial charge in [-0.1, -0.05) is 30.3 Å². The van der Waals surface area contributed by atoms with Crippen molar-refractivity contribution in [1.29, 1.82) is 0 Å². The van der Waals surface area contributed by atoms with Crippen LogP contribution in [0, 0.1) is 0 Å². The van der Waals surface area contributed by atoms with Gasteiger partial charge in [0.25, 0.3) is 0 Å². The van der Waals surface area contributed by atoms with E-state index in [0.717, 1.165) is 5.56 Å². The first-order chi connectivity index (χ1) is 11.4. The molecule has 1 fully saturated rings. The normalized spacial score (nSPS) is 18.6. The van der Waals surface area contributed by atoms with E-state index in [4.69, 9.17) is 4.74 Å². The van der Waals surface area contributed by atoms with Crippen LogP contribution in [0.15, 0.2) is 30.3 Å². The number of rotatable bonds is 6. The van der Waals surface area contributed by atoms with Gasteiger partial charge < -0.3 is 15.2 Å². The van der Waals surface area contributed by atoms with Crippen molar-refractivity contribution in [3.8, 4) is 0 Å². The predicted molar refractivity (Wildman–Crippen MR) is 90.1 cm³/mol. The number of hydrogen-bond acceptors (Lipinski definition) is 5. The third kappa shape index (κ3) is 5.94. The smallest absolute Gasteiger partial charge is 0.328 e. The molecule has 6 nitrogen and oxygen atoms in total. The molecule has 0 bridgehead atoms. The average Bonchev–Trinajstić information content (AvgIpc) is 2.55. The molecule has 1 aliphatic rings. The SMILES string of the molecule is C[C@H](NC(=O)CN1CCC(C)(O)CC1)C(=O)OCc1ccccc1. The molecule has 0 radical (unpaired) electrons. The van der Waals surface area contributed by atoms with E-state index in [2.05, 4.69) is 5.32 Å². The summed E-state index contributed by atoms with van der Waals surface area (Å²) in [6.45, 7) is 5.20. The number of esters is 1. The third-order valence-corrected chi connectivity index (χ3v) is 4.26.